The molecule has 100 valence electrons. The molecule has 0 fully saturated rings. The molecule has 4 nitrogen and oxygen atoms in total. The Labute approximate surface area is 113 Å². The molecule has 0 aromatic heterocycles. The van der Waals surface area contributed by atoms with Gasteiger partial charge in [-0.15, -0.1) is 11.6 Å². The molecule has 18 heavy (non-hydrogen) atoms. The fraction of sp³-hybridized carbons (Fsp3) is 0.538. The lowest BCUT2D eigenvalue weighted by molar-refractivity contribution is -0.384. The summed E-state index contributed by atoms with van der Waals surface area (Å²) in [5.41, 5.74) is 1.90. The Balaban J connectivity index is 3.18. The van der Waals surface area contributed by atoms with Gasteiger partial charge in [-0.25, -0.2) is 0 Å². The largest absolute Gasteiger partial charge is 0.369 e. The molecule has 1 aromatic carbocycles. The van der Waals surface area contributed by atoms with Crippen molar-refractivity contribution in [1.82, 2.24) is 0 Å². The van der Waals surface area contributed by atoms with Gasteiger partial charge in [0.15, 0.2) is 0 Å². The number of nitro groups is 1. The van der Waals surface area contributed by atoms with E-state index in [2.05, 4.69) is 25.7 Å². The van der Waals surface area contributed by atoms with Crippen molar-refractivity contribution in [2.75, 3.05) is 11.4 Å². The van der Waals surface area contributed by atoms with Crippen LogP contribution >= 0.6 is 11.6 Å². The molecule has 0 bridgehead atoms. The van der Waals surface area contributed by atoms with Crippen LogP contribution in [-0.2, 0) is 5.88 Å². The van der Waals surface area contributed by atoms with Crippen molar-refractivity contribution in [3.8, 4) is 0 Å². The summed E-state index contributed by atoms with van der Waals surface area (Å²) in [6.45, 7) is 7.20. The summed E-state index contributed by atoms with van der Waals surface area (Å²) in [5.74, 6) is 0.282. The molecule has 1 aromatic rings. The van der Waals surface area contributed by atoms with Gasteiger partial charge in [0.25, 0.3) is 5.69 Å². The van der Waals surface area contributed by atoms with E-state index in [1.54, 1.807) is 12.1 Å². The maximum absolute atomic E-state index is 10.8. The molecule has 0 N–H and O–H groups in total. The molecule has 0 saturated heterocycles. The Morgan fingerprint density at radius 2 is 2.11 bits per heavy atom. The molecule has 1 unspecified atom stereocenters. The molecular weight excluding hydrogens is 252 g/mol. The molecule has 1 atom stereocenters. The second-order valence-corrected chi connectivity index (χ2v) is 4.51. The minimum absolute atomic E-state index is 0.0922. The van der Waals surface area contributed by atoms with Gasteiger partial charge < -0.3 is 4.90 Å². The number of nitrogens with zero attached hydrogens (tertiary/aromatic N) is 2. The average Bonchev–Trinajstić information content (AvgIpc) is 2.39. The quantitative estimate of drug-likeness (QED) is 0.447. The van der Waals surface area contributed by atoms with E-state index < -0.39 is 0 Å². The van der Waals surface area contributed by atoms with E-state index in [1.165, 1.54) is 6.07 Å². The number of hydrogen-bond donors (Lipinski definition) is 0. The monoisotopic (exact) mass is 270 g/mol. The summed E-state index contributed by atoms with van der Waals surface area (Å²) in [6.07, 6.45) is 1.02. The number of benzene rings is 1. The van der Waals surface area contributed by atoms with Crippen LogP contribution in [0.4, 0.5) is 11.4 Å². The number of non-ortho nitro benzene ring substituents is 1. The molecule has 5 heteroatoms. The Morgan fingerprint density at radius 1 is 1.44 bits per heavy atom. The summed E-state index contributed by atoms with van der Waals surface area (Å²) < 4.78 is 0. The zero-order chi connectivity index (χ0) is 13.7. The van der Waals surface area contributed by atoms with Crippen LogP contribution < -0.4 is 4.90 Å². The lowest BCUT2D eigenvalue weighted by atomic mass is 10.1. The van der Waals surface area contributed by atoms with Crippen molar-refractivity contribution in [1.29, 1.82) is 0 Å². The van der Waals surface area contributed by atoms with E-state index in [4.69, 9.17) is 11.6 Å². The van der Waals surface area contributed by atoms with Crippen LogP contribution in [0.3, 0.4) is 0 Å². The van der Waals surface area contributed by atoms with Crippen molar-refractivity contribution in [3.63, 3.8) is 0 Å². The zero-order valence-corrected chi connectivity index (χ0v) is 11.8. The smallest absolute Gasteiger partial charge is 0.269 e. The highest BCUT2D eigenvalue weighted by atomic mass is 35.5. The van der Waals surface area contributed by atoms with E-state index >= 15 is 0 Å². The molecule has 0 heterocycles. The summed E-state index contributed by atoms with van der Waals surface area (Å²) in [6, 6.07) is 5.29. The topological polar surface area (TPSA) is 46.4 Å². The normalized spacial score (nSPS) is 12.2. The van der Waals surface area contributed by atoms with Crippen molar-refractivity contribution in [3.05, 3.63) is 33.9 Å². The number of alkyl halides is 1. The second-order valence-electron chi connectivity index (χ2n) is 4.25. The lowest BCUT2D eigenvalue weighted by Gasteiger charge is -2.31. The Hall–Kier alpha value is -1.29. The highest BCUT2D eigenvalue weighted by molar-refractivity contribution is 6.17. The summed E-state index contributed by atoms with van der Waals surface area (Å²) in [4.78, 5) is 12.6. The fourth-order valence-corrected chi connectivity index (χ4v) is 2.23. The van der Waals surface area contributed by atoms with Crippen molar-refractivity contribution in [2.24, 2.45) is 0 Å². The molecule has 0 amide bonds. The van der Waals surface area contributed by atoms with Gasteiger partial charge in [-0.05, 0) is 31.9 Å². The van der Waals surface area contributed by atoms with Crippen LogP contribution in [0.2, 0.25) is 0 Å². The van der Waals surface area contributed by atoms with Crippen molar-refractivity contribution in [2.45, 2.75) is 39.1 Å². The molecule has 1 rings (SSSR count). The molecule has 0 saturated carbocycles. The zero-order valence-electron chi connectivity index (χ0n) is 11.0. The minimum Gasteiger partial charge on any atom is -0.369 e. The van der Waals surface area contributed by atoms with Gasteiger partial charge in [-0.2, -0.15) is 0 Å². The standard InChI is InChI=1S/C13H19ClN2O2/c1-4-10(3)15(5-2)13-7-6-12(16(17)18)8-11(13)9-14/h6-8,10H,4-5,9H2,1-3H3. The summed E-state index contributed by atoms with van der Waals surface area (Å²) >= 11 is 5.91. The molecule has 0 aliphatic heterocycles. The van der Waals surface area contributed by atoms with Crippen molar-refractivity contribution >= 4 is 23.0 Å². The van der Waals surface area contributed by atoms with Crippen LogP contribution in [0.25, 0.3) is 0 Å². The maximum atomic E-state index is 10.8. The van der Waals surface area contributed by atoms with Gasteiger partial charge in [0, 0.05) is 36.3 Å². The highest BCUT2D eigenvalue weighted by Crippen LogP contribution is 2.28. The van der Waals surface area contributed by atoms with Crippen molar-refractivity contribution < 1.29 is 4.92 Å². The fourth-order valence-electron chi connectivity index (χ4n) is 2.01. The molecular formula is C13H19ClN2O2. The molecule has 0 radical (unpaired) electrons. The number of rotatable bonds is 6. The first kappa shape index (κ1) is 14.8. The summed E-state index contributed by atoms with van der Waals surface area (Å²) in [7, 11) is 0. The molecule has 0 spiro atoms. The van der Waals surface area contributed by atoms with E-state index in [0.29, 0.717) is 6.04 Å². The first-order valence-corrected chi connectivity index (χ1v) is 6.68. The average molecular weight is 271 g/mol. The van der Waals surface area contributed by atoms with Crippen LogP contribution in [-0.4, -0.2) is 17.5 Å². The molecule has 0 aliphatic carbocycles. The number of nitro benzene ring substituents is 1. The second kappa shape index (κ2) is 6.59. The van der Waals surface area contributed by atoms with Gasteiger partial charge in [0.05, 0.1) is 4.92 Å². The first-order valence-electron chi connectivity index (χ1n) is 6.15. The Morgan fingerprint density at radius 3 is 2.56 bits per heavy atom. The number of anilines is 1. The third-order valence-corrected chi connectivity index (χ3v) is 3.48. The third kappa shape index (κ3) is 3.13. The third-order valence-electron chi connectivity index (χ3n) is 3.19. The van der Waals surface area contributed by atoms with E-state index in [1.807, 2.05) is 0 Å². The Kier molecular flexibility index (Phi) is 5.41. The van der Waals surface area contributed by atoms with E-state index in [0.717, 1.165) is 24.2 Å². The minimum atomic E-state index is -0.390. The van der Waals surface area contributed by atoms with Crippen LogP contribution in [0.5, 0.6) is 0 Å². The molecule has 0 aliphatic rings. The van der Waals surface area contributed by atoms with E-state index in [9.17, 15) is 10.1 Å². The number of halogens is 1. The van der Waals surface area contributed by atoms with Gasteiger partial charge in [-0.1, -0.05) is 6.92 Å². The van der Waals surface area contributed by atoms with Crippen LogP contribution in [0, 0.1) is 10.1 Å². The first-order chi connectivity index (χ1) is 8.54. The summed E-state index contributed by atoms with van der Waals surface area (Å²) in [5, 5.41) is 10.8. The SMILES string of the molecule is CCC(C)N(CC)c1ccc([N+](=O)[O-])cc1CCl. The predicted molar refractivity (Wildman–Crippen MR) is 75.4 cm³/mol. The maximum Gasteiger partial charge on any atom is 0.269 e. The number of hydrogen-bond acceptors (Lipinski definition) is 3. The van der Waals surface area contributed by atoms with Gasteiger partial charge in [0.2, 0.25) is 0 Å². The van der Waals surface area contributed by atoms with E-state index in [-0.39, 0.29) is 16.5 Å². The predicted octanol–water partition coefficient (Wildman–Crippen LogP) is 3.96. The highest BCUT2D eigenvalue weighted by Gasteiger charge is 2.17. The van der Waals surface area contributed by atoms with Crippen LogP contribution in [0.1, 0.15) is 32.8 Å². The van der Waals surface area contributed by atoms with Gasteiger partial charge in [0.1, 0.15) is 0 Å². The lowest BCUT2D eigenvalue weighted by Crippen LogP contribution is -2.33. The van der Waals surface area contributed by atoms with Crippen LogP contribution in [0.15, 0.2) is 18.2 Å². The Bertz CT molecular complexity index is 423. The van der Waals surface area contributed by atoms with Gasteiger partial charge >= 0.3 is 0 Å². The van der Waals surface area contributed by atoms with Gasteiger partial charge in [-0.3, -0.25) is 10.1 Å².